The first-order valence-corrected chi connectivity index (χ1v) is 11.6. The van der Waals surface area contributed by atoms with Crippen molar-refractivity contribution in [1.82, 2.24) is 19.6 Å². The lowest BCUT2D eigenvalue weighted by Gasteiger charge is -2.13. The number of aryl methyl sites for hydroxylation is 3. The Kier molecular flexibility index (Phi) is 6.41. The van der Waals surface area contributed by atoms with Gasteiger partial charge in [0, 0.05) is 17.8 Å². The van der Waals surface area contributed by atoms with E-state index in [1.165, 1.54) is 11.8 Å². The van der Waals surface area contributed by atoms with Crippen LogP contribution in [0.4, 0.5) is 5.69 Å². The minimum absolute atomic E-state index is 0.0905. The predicted octanol–water partition coefficient (Wildman–Crippen LogP) is 5.14. The summed E-state index contributed by atoms with van der Waals surface area (Å²) in [6.07, 6.45) is 2.81. The summed E-state index contributed by atoms with van der Waals surface area (Å²) in [4.78, 5) is 21.7. The molecule has 7 nitrogen and oxygen atoms in total. The van der Waals surface area contributed by atoms with Gasteiger partial charge in [-0.05, 0) is 63.3 Å². The van der Waals surface area contributed by atoms with Gasteiger partial charge in [-0.25, -0.2) is 9.50 Å². The molecular formula is C24H25N5O2S. The van der Waals surface area contributed by atoms with Crippen LogP contribution in [0.5, 0.6) is 11.5 Å². The molecule has 0 saturated carbocycles. The fraction of sp³-hybridized carbons (Fsp3) is 0.250. The van der Waals surface area contributed by atoms with Crippen LogP contribution in [-0.2, 0) is 11.2 Å². The van der Waals surface area contributed by atoms with Gasteiger partial charge in [-0.2, -0.15) is 4.98 Å². The first-order chi connectivity index (χ1) is 15.4. The maximum atomic E-state index is 12.7. The maximum Gasteiger partial charge on any atom is 0.253 e. The molecule has 4 rings (SSSR count). The number of nitrogens with one attached hydrogen (secondary N) is 1. The Morgan fingerprint density at radius 1 is 1.06 bits per heavy atom. The van der Waals surface area contributed by atoms with Crippen molar-refractivity contribution in [2.75, 3.05) is 11.6 Å². The molecule has 1 N–H and O–H groups in total. The largest absolute Gasteiger partial charge is 0.455 e. The highest BCUT2D eigenvalue weighted by Gasteiger charge is 2.15. The summed E-state index contributed by atoms with van der Waals surface area (Å²) >= 11 is 1.48. The van der Waals surface area contributed by atoms with Gasteiger partial charge in [0.25, 0.3) is 5.78 Å². The minimum atomic E-state index is -0.0905. The van der Waals surface area contributed by atoms with Crippen LogP contribution in [0.1, 0.15) is 28.9 Å². The normalized spacial score (nSPS) is 11.0. The van der Waals surface area contributed by atoms with Gasteiger partial charge in [0.05, 0.1) is 5.69 Å². The highest BCUT2D eigenvalue weighted by molar-refractivity contribution is 7.98. The van der Waals surface area contributed by atoms with Gasteiger partial charge in [-0.3, -0.25) is 4.79 Å². The van der Waals surface area contributed by atoms with Gasteiger partial charge in [0.2, 0.25) is 11.1 Å². The summed E-state index contributed by atoms with van der Waals surface area (Å²) < 4.78 is 7.73. The standard InChI is InChI=1S/C24H25N5O2S/c1-15-9-11-18(12-10-15)31-21-8-6-5-7-20(21)26-22(30)14-13-19-16(2)25-23-27-24(32-4)28-29(23)17(19)3/h5-12H,13-14H2,1-4H3,(H,26,30). The Morgan fingerprint density at radius 3 is 2.56 bits per heavy atom. The van der Waals surface area contributed by atoms with Crippen LogP contribution in [-0.4, -0.2) is 31.7 Å². The average Bonchev–Trinajstić information content (AvgIpc) is 3.20. The third kappa shape index (κ3) is 4.75. The Labute approximate surface area is 191 Å². The van der Waals surface area contributed by atoms with Gasteiger partial charge in [0.1, 0.15) is 5.75 Å². The first kappa shape index (κ1) is 21.8. The molecule has 0 atom stereocenters. The predicted molar refractivity (Wildman–Crippen MR) is 127 cm³/mol. The molecular weight excluding hydrogens is 422 g/mol. The fourth-order valence-electron chi connectivity index (χ4n) is 3.48. The van der Waals surface area contributed by atoms with Crippen molar-refractivity contribution in [3.63, 3.8) is 0 Å². The number of fused-ring (bicyclic) bond motifs is 1. The number of nitrogens with zero attached hydrogens (tertiary/aromatic N) is 4. The Bertz CT molecular complexity index is 1270. The maximum absolute atomic E-state index is 12.7. The molecule has 32 heavy (non-hydrogen) atoms. The van der Waals surface area contributed by atoms with Gasteiger partial charge < -0.3 is 10.1 Å². The number of anilines is 1. The van der Waals surface area contributed by atoms with E-state index in [1.807, 2.05) is 75.6 Å². The van der Waals surface area contributed by atoms with Crippen molar-refractivity contribution in [2.45, 2.75) is 38.8 Å². The van der Waals surface area contributed by atoms with E-state index in [1.54, 1.807) is 4.52 Å². The second-order valence-corrected chi connectivity index (χ2v) is 8.30. The van der Waals surface area contributed by atoms with E-state index in [-0.39, 0.29) is 5.91 Å². The van der Waals surface area contributed by atoms with Crippen LogP contribution in [0.25, 0.3) is 5.78 Å². The van der Waals surface area contributed by atoms with Crippen molar-refractivity contribution < 1.29 is 9.53 Å². The zero-order chi connectivity index (χ0) is 22.7. The number of carbonyl (C=O) groups excluding carboxylic acids is 1. The van der Waals surface area contributed by atoms with Crippen LogP contribution in [0.15, 0.2) is 53.7 Å². The van der Waals surface area contributed by atoms with E-state index >= 15 is 0 Å². The van der Waals surface area contributed by atoms with Crippen LogP contribution < -0.4 is 10.1 Å². The van der Waals surface area contributed by atoms with Crippen molar-refractivity contribution in [1.29, 1.82) is 0 Å². The Morgan fingerprint density at radius 2 is 1.81 bits per heavy atom. The van der Waals surface area contributed by atoms with Crippen LogP contribution in [0.2, 0.25) is 0 Å². The van der Waals surface area contributed by atoms with Crippen molar-refractivity contribution in [2.24, 2.45) is 0 Å². The second kappa shape index (κ2) is 9.40. The van der Waals surface area contributed by atoms with Crippen LogP contribution in [0, 0.1) is 20.8 Å². The SMILES string of the molecule is CSc1nc2nc(C)c(CCC(=O)Nc3ccccc3Oc3ccc(C)cc3)c(C)n2n1. The number of ether oxygens (including phenoxy) is 1. The van der Waals surface area contributed by atoms with Gasteiger partial charge in [0.15, 0.2) is 5.75 Å². The highest BCUT2D eigenvalue weighted by atomic mass is 32.2. The molecule has 8 heteroatoms. The monoisotopic (exact) mass is 447 g/mol. The molecule has 164 valence electrons. The van der Waals surface area contributed by atoms with E-state index in [9.17, 15) is 4.79 Å². The molecule has 0 saturated heterocycles. The van der Waals surface area contributed by atoms with E-state index in [4.69, 9.17) is 4.74 Å². The molecule has 0 aliphatic rings. The third-order valence-electron chi connectivity index (χ3n) is 5.22. The molecule has 0 spiro atoms. The zero-order valence-corrected chi connectivity index (χ0v) is 19.4. The molecule has 0 aliphatic heterocycles. The topological polar surface area (TPSA) is 81.4 Å². The molecule has 0 fully saturated rings. The number of benzene rings is 2. The van der Waals surface area contributed by atoms with Crippen molar-refractivity contribution in [3.05, 3.63) is 71.0 Å². The first-order valence-electron chi connectivity index (χ1n) is 10.3. The number of rotatable bonds is 7. The lowest BCUT2D eigenvalue weighted by molar-refractivity contribution is -0.116. The number of hydrogen-bond acceptors (Lipinski definition) is 6. The number of thioether (sulfide) groups is 1. The third-order valence-corrected chi connectivity index (χ3v) is 5.76. The number of carbonyl (C=O) groups is 1. The lowest BCUT2D eigenvalue weighted by atomic mass is 10.1. The summed E-state index contributed by atoms with van der Waals surface area (Å²) in [5.74, 6) is 1.82. The molecule has 0 unspecified atom stereocenters. The van der Waals surface area contributed by atoms with E-state index in [2.05, 4.69) is 20.4 Å². The van der Waals surface area contributed by atoms with E-state index in [0.29, 0.717) is 35.2 Å². The van der Waals surface area contributed by atoms with Gasteiger partial charge >= 0.3 is 0 Å². The molecule has 1 amide bonds. The minimum Gasteiger partial charge on any atom is -0.455 e. The summed E-state index contributed by atoms with van der Waals surface area (Å²) in [5, 5.41) is 8.13. The fourth-order valence-corrected chi connectivity index (χ4v) is 3.82. The average molecular weight is 448 g/mol. The number of para-hydroxylation sites is 2. The summed E-state index contributed by atoms with van der Waals surface area (Å²) in [6, 6.07) is 15.2. The molecule has 0 bridgehead atoms. The van der Waals surface area contributed by atoms with Gasteiger partial charge in [-0.1, -0.05) is 41.6 Å². The Balaban J connectivity index is 1.46. The molecule has 4 aromatic rings. The highest BCUT2D eigenvalue weighted by Crippen LogP contribution is 2.29. The second-order valence-electron chi connectivity index (χ2n) is 7.53. The lowest BCUT2D eigenvalue weighted by Crippen LogP contribution is -2.14. The number of amides is 1. The van der Waals surface area contributed by atoms with Crippen molar-refractivity contribution in [3.8, 4) is 11.5 Å². The molecule has 0 aliphatic carbocycles. The zero-order valence-electron chi connectivity index (χ0n) is 18.5. The van der Waals surface area contributed by atoms with Crippen LogP contribution in [0.3, 0.4) is 0 Å². The molecule has 2 aromatic carbocycles. The van der Waals surface area contributed by atoms with E-state index in [0.717, 1.165) is 28.3 Å². The summed E-state index contributed by atoms with van der Waals surface area (Å²) in [5.41, 5.74) is 4.63. The number of hydrogen-bond donors (Lipinski definition) is 1. The number of aromatic nitrogens is 4. The summed E-state index contributed by atoms with van der Waals surface area (Å²) in [6.45, 7) is 5.95. The smallest absolute Gasteiger partial charge is 0.253 e. The van der Waals surface area contributed by atoms with Crippen molar-refractivity contribution >= 4 is 29.1 Å². The quantitative estimate of drug-likeness (QED) is 0.395. The van der Waals surface area contributed by atoms with Crippen LogP contribution >= 0.6 is 11.8 Å². The molecule has 2 aromatic heterocycles. The Hall–Kier alpha value is -3.39. The van der Waals surface area contributed by atoms with Gasteiger partial charge in [-0.15, -0.1) is 5.10 Å². The van der Waals surface area contributed by atoms with E-state index < -0.39 is 0 Å². The molecule has 0 radical (unpaired) electrons. The molecule has 2 heterocycles. The summed E-state index contributed by atoms with van der Waals surface area (Å²) in [7, 11) is 0.